The first kappa shape index (κ1) is 13.2. The first-order chi connectivity index (χ1) is 9.15. The van der Waals surface area contributed by atoms with E-state index in [0.29, 0.717) is 21.5 Å². The normalized spacial score (nSPS) is 26.3. The topological polar surface area (TPSA) is 32.3 Å². The monoisotopic (exact) mass is 298 g/mol. The fourth-order valence-corrected chi connectivity index (χ4v) is 3.33. The van der Waals surface area contributed by atoms with E-state index in [9.17, 15) is 4.79 Å². The van der Waals surface area contributed by atoms with Gasteiger partial charge in [-0.1, -0.05) is 23.2 Å². The minimum absolute atomic E-state index is 0.0592. The van der Waals surface area contributed by atoms with Gasteiger partial charge in [0.15, 0.2) is 0 Å². The van der Waals surface area contributed by atoms with E-state index in [0.717, 1.165) is 38.5 Å². The molecule has 2 fully saturated rings. The van der Waals surface area contributed by atoms with E-state index >= 15 is 0 Å². The van der Waals surface area contributed by atoms with Crippen molar-refractivity contribution in [1.29, 1.82) is 0 Å². The number of carbonyl (C=O) groups is 1. The fraction of sp³-hybridized carbons (Fsp3) is 0.500. The lowest BCUT2D eigenvalue weighted by Gasteiger charge is -2.34. The number of hydrogen-bond acceptors (Lipinski definition) is 2. The third kappa shape index (κ3) is 2.60. The molecule has 1 aromatic rings. The number of nitrogens with zero attached hydrogens (tertiary/aromatic N) is 1. The molecule has 2 heterocycles. The van der Waals surface area contributed by atoms with Crippen LogP contribution in [0.25, 0.3) is 0 Å². The summed E-state index contributed by atoms with van der Waals surface area (Å²) in [6.45, 7) is 3.80. The van der Waals surface area contributed by atoms with Crippen molar-refractivity contribution in [2.45, 2.75) is 6.42 Å². The quantitative estimate of drug-likeness (QED) is 0.864. The molecule has 3 rings (SSSR count). The van der Waals surface area contributed by atoms with Gasteiger partial charge in [0.05, 0.1) is 10.0 Å². The number of fused-ring (bicyclic) bond motifs is 1. The lowest BCUT2D eigenvalue weighted by atomic mass is 9.88. The molecule has 0 radical (unpaired) electrons. The smallest absolute Gasteiger partial charge is 0.253 e. The Morgan fingerprint density at radius 2 is 2.00 bits per heavy atom. The number of carbonyl (C=O) groups excluding carboxylic acids is 1. The van der Waals surface area contributed by atoms with Gasteiger partial charge >= 0.3 is 0 Å². The number of halogens is 2. The number of nitrogens with one attached hydrogen (secondary N) is 1. The van der Waals surface area contributed by atoms with Crippen LogP contribution < -0.4 is 5.32 Å². The van der Waals surface area contributed by atoms with Crippen molar-refractivity contribution in [3.05, 3.63) is 33.8 Å². The second-order valence-corrected chi connectivity index (χ2v) is 6.16. The van der Waals surface area contributed by atoms with E-state index in [-0.39, 0.29) is 5.91 Å². The number of benzene rings is 1. The van der Waals surface area contributed by atoms with Crippen LogP contribution in [0.3, 0.4) is 0 Å². The zero-order valence-electron chi connectivity index (χ0n) is 10.5. The average molecular weight is 299 g/mol. The molecule has 0 bridgehead atoms. The lowest BCUT2D eigenvalue weighted by Crippen LogP contribution is -2.43. The van der Waals surface area contributed by atoms with Crippen LogP contribution in [0.2, 0.25) is 10.0 Å². The molecule has 102 valence electrons. The van der Waals surface area contributed by atoms with Gasteiger partial charge in [-0.05, 0) is 49.5 Å². The van der Waals surface area contributed by atoms with Crippen molar-refractivity contribution in [2.75, 3.05) is 26.2 Å². The highest BCUT2D eigenvalue weighted by Gasteiger charge is 2.34. The van der Waals surface area contributed by atoms with Crippen molar-refractivity contribution < 1.29 is 4.79 Å². The second-order valence-electron chi connectivity index (χ2n) is 5.35. The lowest BCUT2D eigenvalue weighted by molar-refractivity contribution is 0.0642. The van der Waals surface area contributed by atoms with E-state index in [2.05, 4.69) is 5.32 Å². The van der Waals surface area contributed by atoms with Crippen LogP contribution in [0, 0.1) is 11.8 Å². The molecule has 19 heavy (non-hydrogen) atoms. The second kappa shape index (κ2) is 5.31. The summed E-state index contributed by atoms with van der Waals surface area (Å²) < 4.78 is 0. The maximum Gasteiger partial charge on any atom is 0.253 e. The summed E-state index contributed by atoms with van der Waals surface area (Å²) in [5, 5.41) is 4.32. The number of piperidine rings is 1. The highest BCUT2D eigenvalue weighted by molar-refractivity contribution is 6.42. The zero-order valence-corrected chi connectivity index (χ0v) is 12.0. The summed E-state index contributed by atoms with van der Waals surface area (Å²) in [4.78, 5) is 14.4. The molecule has 0 aromatic heterocycles. The Morgan fingerprint density at radius 1 is 1.21 bits per heavy atom. The first-order valence-corrected chi connectivity index (χ1v) is 7.36. The molecule has 2 aliphatic heterocycles. The van der Waals surface area contributed by atoms with Gasteiger partial charge in [0, 0.05) is 18.7 Å². The van der Waals surface area contributed by atoms with Crippen LogP contribution in [0.4, 0.5) is 0 Å². The highest BCUT2D eigenvalue weighted by atomic mass is 35.5. The standard InChI is InChI=1S/C14H16Cl2N2O/c15-12-2-1-9(5-13(12)16)14(19)18-4-3-10-6-17-7-11(10)8-18/h1-2,5,10-11,17H,3-4,6-8H2. The molecule has 5 heteroatoms. The van der Waals surface area contributed by atoms with Crippen LogP contribution >= 0.6 is 23.2 Å². The van der Waals surface area contributed by atoms with E-state index in [1.54, 1.807) is 18.2 Å². The number of amides is 1. The molecule has 3 nitrogen and oxygen atoms in total. The summed E-state index contributed by atoms with van der Waals surface area (Å²) in [6, 6.07) is 5.09. The minimum Gasteiger partial charge on any atom is -0.338 e. The number of hydrogen-bond donors (Lipinski definition) is 1. The van der Waals surface area contributed by atoms with Gasteiger partial charge in [-0.2, -0.15) is 0 Å². The largest absolute Gasteiger partial charge is 0.338 e. The summed E-state index contributed by atoms with van der Waals surface area (Å²) in [5.41, 5.74) is 0.624. The van der Waals surface area contributed by atoms with E-state index < -0.39 is 0 Å². The minimum atomic E-state index is 0.0592. The number of likely N-dealkylation sites (tertiary alicyclic amines) is 1. The number of rotatable bonds is 1. The SMILES string of the molecule is O=C(c1ccc(Cl)c(Cl)c1)N1CCC2CNCC2C1. The van der Waals surface area contributed by atoms with Crippen LogP contribution in [0.1, 0.15) is 16.8 Å². The molecular weight excluding hydrogens is 283 g/mol. The van der Waals surface area contributed by atoms with Crippen LogP contribution in [0.15, 0.2) is 18.2 Å². The van der Waals surface area contributed by atoms with Crippen molar-refractivity contribution in [3.63, 3.8) is 0 Å². The van der Waals surface area contributed by atoms with E-state index in [1.807, 2.05) is 4.90 Å². The molecule has 2 aliphatic rings. The molecule has 0 aliphatic carbocycles. The Kier molecular flexibility index (Phi) is 3.70. The molecule has 1 aromatic carbocycles. The van der Waals surface area contributed by atoms with E-state index in [4.69, 9.17) is 23.2 Å². The Bertz CT molecular complexity index is 506. The molecular formula is C14H16Cl2N2O. The Labute approximate surface area is 122 Å². The van der Waals surface area contributed by atoms with Gasteiger partial charge in [-0.25, -0.2) is 0 Å². The van der Waals surface area contributed by atoms with Gasteiger partial charge in [-0.15, -0.1) is 0 Å². The molecule has 2 atom stereocenters. The van der Waals surface area contributed by atoms with Crippen molar-refractivity contribution in [2.24, 2.45) is 11.8 Å². The molecule has 1 amide bonds. The molecule has 2 unspecified atom stereocenters. The first-order valence-electron chi connectivity index (χ1n) is 6.60. The van der Waals surface area contributed by atoms with Crippen LogP contribution in [-0.4, -0.2) is 37.0 Å². The van der Waals surface area contributed by atoms with Crippen LogP contribution in [0.5, 0.6) is 0 Å². The molecule has 2 saturated heterocycles. The maximum absolute atomic E-state index is 12.5. The Balaban J connectivity index is 1.74. The van der Waals surface area contributed by atoms with Crippen molar-refractivity contribution >= 4 is 29.1 Å². The van der Waals surface area contributed by atoms with Gasteiger partial charge in [0.25, 0.3) is 5.91 Å². The predicted octanol–water partition coefficient (Wildman–Crippen LogP) is 2.67. The summed E-state index contributed by atoms with van der Waals surface area (Å²) in [6.07, 6.45) is 1.09. The molecule has 0 saturated carbocycles. The Morgan fingerprint density at radius 3 is 2.79 bits per heavy atom. The van der Waals surface area contributed by atoms with Crippen molar-refractivity contribution in [1.82, 2.24) is 10.2 Å². The maximum atomic E-state index is 12.5. The average Bonchev–Trinajstić information content (AvgIpc) is 2.88. The van der Waals surface area contributed by atoms with Crippen molar-refractivity contribution in [3.8, 4) is 0 Å². The zero-order chi connectivity index (χ0) is 13.4. The fourth-order valence-electron chi connectivity index (χ4n) is 3.03. The summed E-state index contributed by atoms with van der Waals surface area (Å²) in [7, 11) is 0. The van der Waals surface area contributed by atoms with Gasteiger partial charge < -0.3 is 10.2 Å². The van der Waals surface area contributed by atoms with Gasteiger partial charge in [0.2, 0.25) is 0 Å². The van der Waals surface area contributed by atoms with Gasteiger partial charge in [-0.3, -0.25) is 4.79 Å². The third-order valence-corrected chi connectivity index (χ3v) is 4.90. The summed E-state index contributed by atoms with van der Waals surface area (Å²) >= 11 is 11.9. The van der Waals surface area contributed by atoms with Gasteiger partial charge in [0.1, 0.15) is 0 Å². The molecule has 1 N–H and O–H groups in total. The highest BCUT2D eigenvalue weighted by Crippen LogP contribution is 2.28. The third-order valence-electron chi connectivity index (χ3n) is 4.16. The Hall–Kier alpha value is -0.770. The predicted molar refractivity (Wildman–Crippen MR) is 76.8 cm³/mol. The molecule has 0 spiro atoms. The summed E-state index contributed by atoms with van der Waals surface area (Å²) in [5.74, 6) is 1.39. The van der Waals surface area contributed by atoms with E-state index in [1.165, 1.54) is 0 Å². The van der Waals surface area contributed by atoms with Crippen LogP contribution in [-0.2, 0) is 0 Å².